The number of benzene rings is 2. The molecule has 0 spiro atoms. The minimum atomic E-state index is -4.31. The summed E-state index contributed by atoms with van der Waals surface area (Å²) in [5.74, 6) is 0.138. The van der Waals surface area contributed by atoms with Gasteiger partial charge in [-0.3, -0.25) is 4.79 Å². The number of piperidine rings is 1. The van der Waals surface area contributed by atoms with E-state index in [0.29, 0.717) is 25.1 Å². The highest BCUT2D eigenvalue weighted by atomic mass is 19.4. The van der Waals surface area contributed by atoms with Gasteiger partial charge in [-0.05, 0) is 23.8 Å². The number of carbonyl (C=O) groups excluding carboxylic acids is 1. The van der Waals surface area contributed by atoms with Gasteiger partial charge in [0.05, 0.1) is 26.7 Å². The lowest BCUT2D eigenvalue weighted by Crippen LogP contribution is -2.53. The second-order valence-electron chi connectivity index (χ2n) is 7.75. The Hall–Kier alpha value is -2.78. The number of ether oxygens (including phenoxy) is 4. The Balaban J connectivity index is 0.00000306. The van der Waals surface area contributed by atoms with Crippen LogP contribution < -0.4 is 9.47 Å². The molecular weight excluding hydrogens is 427 g/mol. The number of amides is 1. The number of methoxy groups -OCH3 is 1. The number of nitrogens with zero attached hydrogens (tertiary/aromatic N) is 1. The van der Waals surface area contributed by atoms with E-state index in [4.69, 9.17) is 18.9 Å². The highest BCUT2D eigenvalue weighted by Crippen LogP contribution is 2.42. The van der Waals surface area contributed by atoms with E-state index >= 15 is 0 Å². The van der Waals surface area contributed by atoms with Gasteiger partial charge in [0.15, 0.2) is 11.5 Å². The van der Waals surface area contributed by atoms with Gasteiger partial charge in [0.1, 0.15) is 18.5 Å². The first-order valence-corrected chi connectivity index (χ1v) is 10.3. The minimum absolute atomic E-state index is 0. The summed E-state index contributed by atoms with van der Waals surface area (Å²) < 4.78 is 59.3. The van der Waals surface area contributed by atoms with Crippen molar-refractivity contribution < 1.29 is 38.3 Å². The maximum Gasteiger partial charge on any atom is 0.392 e. The van der Waals surface area contributed by atoms with Crippen molar-refractivity contribution >= 4 is 5.91 Å². The van der Waals surface area contributed by atoms with Gasteiger partial charge in [-0.25, -0.2) is 0 Å². The molecular formula is C23H26F3NO5. The third-order valence-electron chi connectivity index (χ3n) is 5.85. The molecule has 2 aromatic carbocycles. The second-order valence-corrected chi connectivity index (χ2v) is 7.75. The molecule has 1 amide bonds. The Kier molecular flexibility index (Phi) is 6.30. The maximum absolute atomic E-state index is 13.1. The first kappa shape index (κ1) is 22.4. The molecule has 2 atom stereocenters. The molecule has 0 unspecified atom stereocenters. The topological polar surface area (TPSA) is 57.2 Å². The van der Waals surface area contributed by atoms with Gasteiger partial charge in [-0.2, -0.15) is 13.2 Å². The van der Waals surface area contributed by atoms with Crippen LogP contribution in [0, 0.1) is 0 Å². The van der Waals surface area contributed by atoms with Gasteiger partial charge in [0, 0.05) is 20.0 Å². The van der Waals surface area contributed by atoms with Crippen LogP contribution in [0.2, 0.25) is 0 Å². The van der Waals surface area contributed by atoms with Crippen LogP contribution in [-0.4, -0.2) is 56.7 Å². The minimum Gasteiger partial charge on any atom is -0.493 e. The Labute approximate surface area is 185 Å². The van der Waals surface area contributed by atoms with E-state index in [1.807, 2.05) is 30.3 Å². The summed E-state index contributed by atoms with van der Waals surface area (Å²) in [4.78, 5) is 14.8. The summed E-state index contributed by atoms with van der Waals surface area (Å²) in [6, 6.07) is 14.3. The Morgan fingerprint density at radius 2 is 2.00 bits per heavy atom. The predicted molar refractivity (Wildman–Crippen MR) is 111 cm³/mol. The average Bonchev–Trinajstić information content (AvgIpc) is 3.23. The van der Waals surface area contributed by atoms with Crippen LogP contribution in [0.5, 0.6) is 11.5 Å². The molecule has 0 bridgehead atoms. The molecule has 0 saturated carbocycles. The van der Waals surface area contributed by atoms with Gasteiger partial charge >= 0.3 is 6.18 Å². The highest BCUT2D eigenvalue weighted by Gasteiger charge is 2.51. The molecule has 2 fully saturated rings. The van der Waals surface area contributed by atoms with Gasteiger partial charge in [0.2, 0.25) is 0 Å². The molecule has 6 nitrogen and oxygen atoms in total. The normalized spacial score (nSPS) is 23.0. The Bertz CT molecular complexity index is 959. The summed E-state index contributed by atoms with van der Waals surface area (Å²) in [5, 5.41) is 0. The molecule has 2 aliphatic heterocycles. The lowest BCUT2D eigenvalue weighted by atomic mass is 9.82. The van der Waals surface area contributed by atoms with Gasteiger partial charge in [0.25, 0.3) is 5.91 Å². The second kappa shape index (κ2) is 8.99. The largest absolute Gasteiger partial charge is 0.493 e. The number of hydrogen-bond donors (Lipinski definition) is 0. The number of likely N-dealkylation sites (tertiary alicyclic amines) is 1. The molecule has 2 heterocycles. The molecule has 174 valence electrons. The molecule has 0 aliphatic carbocycles. The molecule has 2 aliphatic rings. The lowest BCUT2D eigenvalue weighted by molar-refractivity contribution is -0.139. The van der Waals surface area contributed by atoms with Gasteiger partial charge in [-0.1, -0.05) is 30.3 Å². The number of fused-ring (bicyclic) bond motifs is 1. The molecule has 0 aromatic heterocycles. The zero-order chi connectivity index (χ0) is 22.8. The van der Waals surface area contributed by atoms with E-state index < -0.39 is 24.8 Å². The van der Waals surface area contributed by atoms with Crippen molar-refractivity contribution in [3.05, 3.63) is 59.7 Å². The Morgan fingerprint density at radius 1 is 1.22 bits per heavy atom. The maximum atomic E-state index is 13.1. The molecule has 2 aromatic rings. The Morgan fingerprint density at radius 3 is 2.72 bits per heavy atom. The molecule has 4 rings (SSSR count). The van der Waals surface area contributed by atoms with Crippen LogP contribution >= 0.6 is 0 Å². The smallest absolute Gasteiger partial charge is 0.392 e. The average molecular weight is 453 g/mol. The molecule has 32 heavy (non-hydrogen) atoms. The first-order chi connectivity index (χ1) is 15.3. The molecule has 2 saturated heterocycles. The van der Waals surface area contributed by atoms with Crippen molar-refractivity contribution in [1.82, 2.24) is 4.90 Å². The first-order valence-electron chi connectivity index (χ1n) is 10.3. The van der Waals surface area contributed by atoms with Gasteiger partial charge in [-0.15, -0.1) is 0 Å². The number of carbonyl (C=O) groups is 1. The van der Waals surface area contributed by atoms with E-state index in [9.17, 15) is 18.0 Å². The lowest BCUT2D eigenvalue weighted by Gasteiger charge is -2.42. The quantitative estimate of drug-likeness (QED) is 0.650. The summed E-state index contributed by atoms with van der Waals surface area (Å²) in [7, 11) is 1.37. The summed E-state index contributed by atoms with van der Waals surface area (Å²) in [6.07, 6.45) is -5.09. The van der Waals surface area contributed by atoms with E-state index in [1.54, 1.807) is 4.90 Å². The fourth-order valence-electron chi connectivity index (χ4n) is 4.17. The van der Waals surface area contributed by atoms with Crippen LogP contribution in [0.25, 0.3) is 0 Å². The molecule has 0 radical (unpaired) electrons. The summed E-state index contributed by atoms with van der Waals surface area (Å²) in [6.45, 7) is 0.471. The van der Waals surface area contributed by atoms with E-state index in [1.165, 1.54) is 25.3 Å². The van der Waals surface area contributed by atoms with Crippen molar-refractivity contribution in [1.29, 1.82) is 0 Å². The number of hydrogen-bond acceptors (Lipinski definition) is 5. The van der Waals surface area contributed by atoms with Gasteiger partial charge < -0.3 is 23.8 Å². The van der Waals surface area contributed by atoms with Crippen molar-refractivity contribution in [3.8, 4) is 11.5 Å². The number of halogens is 3. The van der Waals surface area contributed by atoms with E-state index in [-0.39, 0.29) is 31.7 Å². The zero-order valence-corrected chi connectivity index (χ0v) is 17.6. The van der Waals surface area contributed by atoms with Crippen molar-refractivity contribution in [2.45, 2.75) is 30.7 Å². The van der Waals surface area contributed by atoms with Crippen LogP contribution in [0.1, 0.15) is 30.2 Å². The van der Waals surface area contributed by atoms with Crippen LogP contribution in [-0.2, 0) is 15.1 Å². The third kappa shape index (κ3) is 4.54. The summed E-state index contributed by atoms with van der Waals surface area (Å²) >= 11 is 0. The number of alkyl halides is 3. The molecule has 9 heteroatoms. The van der Waals surface area contributed by atoms with Crippen LogP contribution in [0.15, 0.2) is 48.5 Å². The van der Waals surface area contributed by atoms with E-state index in [2.05, 4.69) is 0 Å². The highest BCUT2D eigenvalue weighted by molar-refractivity contribution is 5.95. The fraction of sp³-hybridized carbons (Fsp3) is 0.435. The van der Waals surface area contributed by atoms with Crippen LogP contribution in [0.4, 0.5) is 13.2 Å². The fourth-order valence-corrected chi connectivity index (χ4v) is 4.17. The monoisotopic (exact) mass is 453 g/mol. The molecule has 0 N–H and O–H groups in total. The van der Waals surface area contributed by atoms with Crippen LogP contribution in [0.3, 0.4) is 0 Å². The van der Waals surface area contributed by atoms with E-state index in [0.717, 1.165) is 5.56 Å². The predicted octanol–water partition coefficient (Wildman–Crippen LogP) is 4.39. The zero-order valence-electron chi connectivity index (χ0n) is 17.6. The SMILES string of the molecule is COc1cc(C(=O)N2CC[C@]3(c4ccccc4)OCO[C@@H]3C2)ccc1OCCC(F)(F)F.[HH]. The third-order valence-corrected chi connectivity index (χ3v) is 5.85. The standard InChI is InChI=1S/C23H24F3NO5.H2/c1-29-19-13-16(7-8-18(19)30-12-10-23(24,25)26)21(28)27-11-9-22(17-5-3-2-4-6-17)20(14-27)31-15-32-22;/h2-8,13,20H,9-12,14-15H2,1H3;1H/t20-,22-;/m1./s1. The van der Waals surface area contributed by atoms with Crippen molar-refractivity contribution in [3.63, 3.8) is 0 Å². The number of rotatable bonds is 6. The van der Waals surface area contributed by atoms with Crippen molar-refractivity contribution in [2.24, 2.45) is 0 Å². The summed E-state index contributed by atoms with van der Waals surface area (Å²) in [5.41, 5.74) is 0.805. The van der Waals surface area contributed by atoms with Crippen molar-refractivity contribution in [2.75, 3.05) is 33.6 Å².